The molecule has 0 radical (unpaired) electrons. The molecule has 1 amide bonds. The topological polar surface area (TPSA) is 76.4 Å². The molecular formula is C36H43N3O2. The summed E-state index contributed by atoms with van der Waals surface area (Å²) in [6.45, 7) is 9.79. The van der Waals surface area contributed by atoms with Crippen LogP contribution >= 0.6 is 0 Å². The highest BCUT2D eigenvalue weighted by Gasteiger charge is 2.49. The monoisotopic (exact) mass is 549 g/mol. The Morgan fingerprint density at radius 2 is 1.71 bits per heavy atom. The van der Waals surface area contributed by atoms with Crippen molar-refractivity contribution in [3.8, 4) is 22.9 Å². The standard InChI is InChI=1S/C34H37N3O2.C2H6/c1-23-7-16-29(32(38)31(23)34-18-5-4-6-30(34)24(2)37(3)21-19-34)33(39)36-20-17-25-8-12-27(13-9-25)28-14-10-26(22-35)11-15-28;1-2/h4,6-16,24,30,38H,5,17-21H2,1-3H3,(H,36,39);1-2H3. The quantitative estimate of drug-likeness (QED) is 0.320. The molecule has 3 aromatic rings. The molecule has 1 aliphatic heterocycles. The molecule has 41 heavy (non-hydrogen) atoms. The molecule has 0 spiro atoms. The third-order valence-corrected chi connectivity index (χ3v) is 8.99. The number of carbonyl (C=O) groups excluding carboxylic acids is 1. The van der Waals surface area contributed by atoms with Gasteiger partial charge in [-0.3, -0.25) is 4.79 Å². The van der Waals surface area contributed by atoms with Crippen LogP contribution in [0.4, 0.5) is 0 Å². The van der Waals surface area contributed by atoms with Crippen LogP contribution in [-0.4, -0.2) is 42.1 Å². The van der Waals surface area contributed by atoms with E-state index < -0.39 is 0 Å². The SMILES string of the molecule is CC.Cc1ccc(C(=O)NCCc2ccc(-c3ccc(C#N)cc3)cc2)c(O)c1C12CCC=CC1C(C)N(C)CC2. The van der Waals surface area contributed by atoms with Gasteiger partial charge in [-0.25, -0.2) is 0 Å². The number of aromatic hydroxyl groups is 1. The van der Waals surface area contributed by atoms with Crippen LogP contribution in [0.25, 0.3) is 11.1 Å². The van der Waals surface area contributed by atoms with Crippen molar-refractivity contribution in [1.29, 1.82) is 5.26 Å². The molecule has 5 rings (SSSR count). The van der Waals surface area contributed by atoms with Gasteiger partial charge in [0.2, 0.25) is 0 Å². The summed E-state index contributed by atoms with van der Waals surface area (Å²) in [6, 6.07) is 22.1. The minimum absolute atomic E-state index is 0.149. The van der Waals surface area contributed by atoms with Crippen LogP contribution in [0.15, 0.2) is 72.8 Å². The number of likely N-dealkylation sites (tertiary alicyclic amines) is 1. The predicted octanol–water partition coefficient (Wildman–Crippen LogP) is 7.17. The average molecular weight is 550 g/mol. The van der Waals surface area contributed by atoms with Gasteiger partial charge in [0.1, 0.15) is 5.75 Å². The van der Waals surface area contributed by atoms with E-state index in [4.69, 9.17) is 5.26 Å². The van der Waals surface area contributed by atoms with E-state index in [-0.39, 0.29) is 17.1 Å². The van der Waals surface area contributed by atoms with E-state index >= 15 is 0 Å². The van der Waals surface area contributed by atoms with Gasteiger partial charge in [0, 0.05) is 29.5 Å². The molecule has 5 heteroatoms. The lowest BCUT2D eigenvalue weighted by Gasteiger charge is -2.52. The van der Waals surface area contributed by atoms with Crippen molar-refractivity contribution in [2.24, 2.45) is 5.92 Å². The third kappa shape index (κ3) is 6.09. The first-order valence-electron chi connectivity index (χ1n) is 14.9. The number of nitrogens with one attached hydrogen (secondary N) is 1. The molecule has 1 heterocycles. The zero-order valence-corrected chi connectivity index (χ0v) is 25.1. The molecule has 3 atom stereocenters. The van der Waals surface area contributed by atoms with Crippen molar-refractivity contribution >= 4 is 5.91 Å². The van der Waals surface area contributed by atoms with Gasteiger partial charge >= 0.3 is 0 Å². The molecule has 2 aliphatic rings. The minimum Gasteiger partial charge on any atom is -0.507 e. The van der Waals surface area contributed by atoms with E-state index in [1.807, 2.05) is 44.2 Å². The number of phenolic OH excluding ortho intramolecular Hbond substituents is 1. The Morgan fingerprint density at radius 1 is 1.05 bits per heavy atom. The van der Waals surface area contributed by atoms with Crippen LogP contribution in [0.2, 0.25) is 0 Å². The molecule has 0 saturated carbocycles. The summed E-state index contributed by atoms with van der Waals surface area (Å²) in [4.78, 5) is 15.7. The van der Waals surface area contributed by atoms with Crippen molar-refractivity contribution in [1.82, 2.24) is 10.2 Å². The Kier molecular flexibility index (Phi) is 9.68. The van der Waals surface area contributed by atoms with Crippen molar-refractivity contribution in [2.45, 2.75) is 64.8 Å². The first kappa shape index (κ1) is 30.1. The molecule has 2 N–H and O–H groups in total. The Hall–Kier alpha value is -3.88. The van der Waals surface area contributed by atoms with Crippen molar-refractivity contribution in [3.63, 3.8) is 0 Å². The van der Waals surface area contributed by atoms with Gasteiger partial charge in [0.25, 0.3) is 5.91 Å². The van der Waals surface area contributed by atoms with Gasteiger partial charge < -0.3 is 15.3 Å². The zero-order valence-electron chi connectivity index (χ0n) is 25.1. The van der Waals surface area contributed by atoms with E-state index in [0.29, 0.717) is 36.1 Å². The van der Waals surface area contributed by atoms with E-state index in [1.54, 1.807) is 6.07 Å². The van der Waals surface area contributed by atoms with E-state index in [9.17, 15) is 9.90 Å². The van der Waals surface area contributed by atoms with Crippen LogP contribution in [0.3, 0.4) is 0 Å². The molecule has 3 unspecified atom stereocenters. The Morgan fingerprint density at radius 3 is 2.37 bits per heavy atom. The second kappa shape index (κ2) is 13.2. The molecular weight excluding hydrogens is 506 g/mol. The molecule has 1 fully saturated rings. The summed E-state index contributed by atoms with van der Waals surface area (Å²) in [5.74, 6) is 0.222. The summed E-state index contributed by atoms with van der Waals surface area (Å²) in [5.41, 5.74) is 6.15. The fourth-order valence-electron chi connectivity index (χ4n) is 6.64. The fraction of sp³-hybridized carbons (Fsp3) is 0.389. The fourth-order valence-corrected chi connectivity index (χ4v) is 6.64. The highest BCUT2D eigenvalue weighted by Crippen LogP contribution is 2.52. The van der Waals surface area contributed by atoms with Gasteiger partial charge in [0.05, 0.1) is 17.2 Å². The van der Waals surface area contributed by atoms with Crippen LogP contribution in [0, 0.1) is 24.2 Å². The maximum Gasteiger partial charge on any atom is 0.255 e. The first-order chi connectivity index (χ1) is 19.8. The molecule has 1 aliphatic carbocycles. The zero-order chi connectivity index (χ0) is 29.6. The highest BCUT2D eigenvalue weighted by atomic mass is 16.3. The number of aryl methyl sites for hydroxylation is 1. The number of allylic oxidation sites excluding steroid dienone is 1. The van der Waals surface area contributed by atoms with Crippen molar-refractivity contribution in [3.05, 3.63) is 101 Å². The third-order valence-electron chi connectivity index (χ3n) is 8.99. The number of hydrogen-bond donors (Lipinski definition) is 2. The van der Waals surface area contributed by atoms with Crippen molar-refractivity contribution in [2.75, 3.05) is 20.1 Å². The molecule has 5 nitrogen and oxygen atoms in total. The van der Waals surface area contributed by atoms with Gasteiger partial charge in [-0.15, -0.1) is 0 Å². The number of nitriles is 1. The molecule has 0 bridgehead atoms. The number of piperidine rings is 1. The number of amides is 1. The van der Waals surface area contributed by atoms with E-state index in [1.165, 1.54) is 0 Å². The van der Waals surface area contributed by atoms with Gasteiger partial charge in [-0.1, -0.05) is 68.5 Å². The largest absolute Gasteiger partial charge is 0.507 e. The van der Waals surface area contributed by atoms with E-state index in [2.05, 4.69) is 73.6 Å². The molecule has 3 aromatic carbocycles. The van der Waals surface area contributed by atoms with Crippen LogP contribution in [0.5, 0.6) is 5.75 Å². The summed E-state index contributed by atoms with van der Waals surface area (Å²) in [7, 11) is 2.17. The van der Waals surface area contributed by atoms with Crippen molar-refractivity contribution < 1.29 is 9.90 Å². The Labute approximate surface area is 245 Å². The van der Waals surface area contributed by atoms with Crippen LogP contribution < -0.4 is 5.32 Å². The lowest BCUT2D eigenvalue weighted by atomic mass is 9.58. The molecule has 214 valence electrons. The van der Waals surface area contributed by atoms with Gasteiger partial charge in [-0.2, -0.15) is 5.26 Å². The van der Waals surface area contributed by atoms with E-state index in [0.717, 1.165) is 53.6 Å². The van der Waals surface area contributed by atoms with Gasteiger partial charge in [0.15, 0.2) is 0 Å². The number of hydrogen-bond acceptors (Lipinski definition) is 4. The number of nitrogens with zero attached hydrogens (tertiary/aromatic N) is 2. The highest BCUT2D eigenvalue weighted by molar-refractivity contribution is 5.97. The summed E-state index contributed by atoms with van der Waals surface area (Å²) >= 11 is 0. The number of benzene rings is 3. The maximum atomic E-state index is 13.3. The van der Waals surface area contributed by atoms with Crippen LogP contribution in [-0.2, 0) is 11.8 Å². The maximum absolute atomic E-state index is 13.3. The smallest absolute Gasteiger partial charge is 0.255 e. The number of carbonyl (C=O) groups is 1. The molecule has 0 aromatic heterocycles. The predicted molar refractivity (Wildman–Crippen MR) is 167 cm³/mol. The summed E-state index contributed by atoms with van der Waals surface area (Å²) < 4.78 is 0. The number of rotatable bonds is 6. The first-order valence-corrected chi connectivity index (χ1v) is 14.9. The Bertz CT molecular complexity index is 1420. The normalized spacial score (nSPS) is 21.7. The summed E-state index contributed by atoms with van der Waals surface area (Å²) in [5, 5.41) is 23.6. The lowest BCUT2D eigenvalue weighted by molar-refractivity contribution is 0.0685. The number of fused-ring (bicyclic) bond motifs is 1. The van der Waals surface area contributed by atoms with Gasteiger partial charge in [-0.05, 0) is 93.6 Å². The second-order valence-corrected chi connectivity index (χ2v) is 11.2. The molecule has 1 saturated heterocycles. The average Bonchev–Trinajstić information content (AvgIpc) is 3.00. The minimum atomic E-state index is -0.233. The number of phenols is 1. The Balaban J connectivity index is 0.00000189. The second-order valence-electron chi connectivity index (χ2n) is 11.2. The van der Waals surface area contributed by atoms with Crippen LogP contribution in [0.1, 0.15) is 72.6 Å². The lowest BCUT2D eigenvalue weighted by Crippen LogP contribution is -2.54. The summed E-state index contributed by atoms with van der Waals surface area (Å²) in [6.07, 6.45) is 8.26.